The van der Waals surface area contributed by atoms with Crippen molar-refractivity contribution in [3.8, 4) is 11.5 Å². The lowest BCUT2D eigenvalue weighted by Gasteiger charge is -2.41. The van der Waals surface area contributed by atoms with Gasteiger partial charge in [-0.05, 0) is 54.2 Å². The van der Waals surface area contributed by atoms with Crippen molar-refractivity contribution in [3.63, 3.8) is 0 Å². The van der Waals surface area contributed by atoms with Crippen molar-refractivity contribution in [1.82, 2.24) is 9.97 Å². The highest BCUT2D eigenvalue weighted by Crippen LogP contribution is 2.53. The van der Waals surface area contributed by atoms with Crippen LogP contribution in [0.1, 0.15) is 112 Å². The molecule has 260 valence electrons. The Bertz CT molecular complexity index is 1520. The number of aromatic hydroxyl groups is 1. The summed E-state index contributed by atoms with van der Waals surface area (Å²) < 4.78 is 5.59. The second kappa shape index (κ2) is 17.4. The molecule has 0 fully saturated rings. The number of aromatic amines is 1. The van der Waals surface area contributed by atoms with Crippen molar-refractivity contribution in [1.29, 1.82) is 0 Å². The zero-order valence-corrected chi connectivity index (χ0v) is 28.7. The summed E-state index contributed by atoms with van der Waals surface area (Å²) >= 11 is 0. The number of carbonyl (C=O) groups is 2. The number of aliphatic hydroxyl groups excluding tert-OH is 2. The number of nitrogens with two attached hydrogens (primary N) is 1. The number of hydrogen-bond acceptors (Lipinski definition) is 8. The summed E-state index contributed by atoms with van der Waals surface area (Å²) in [6.45, 7) is 4.07. The number of benzene rings is 1. The number of aryl methyl sites for hydroxylation is 1. The minimum atomic E-state index is -1.66. The third-order valence-corrected chi connectivity index (χ3v) is 9.89. The first-order valence-electron chi connectivity index (χ1n) is 17.5. The zero-order valence-electron chi connectivity index (χ0n) is 28.7. The summed E-state index contributed by atoms with van der Waals surface area (Å²) in [5.41, 5.74) is 9.04. The van der Waals surface area contributed by atoms with Crippen LogP contribution in [0.15, 0.2) is 48.8 Å². The van der Waals surface area contributed by atoms with Gasteiger partial charge in [-0.3, -0.25) is 9.59 Å². The zero-order chi connectivity index (χ0) is 34.7. The number of Topliss-reactive ketones (excluding diaryl/α,β-unsaturated/α-hetero) is 2. The maximum atomic E-state index is 13.2. The molecule has 0 saturated carbocycles. The molecule has 0 bridgehead atoms. The number of phenols is 1. The number of pyridine rings is 1. The van der Waals surface area contributed by atoms with Gasteiger partial charge < -0.3 is 30.8 Å². The van der Waals surface area contributed by atoms with Gasteiger partial charge in [0.2, 0.25) is 0 Å². The molecule has 6 N–H and O–H groups in total. The van der Waals surface area contributed by atoms with Gasteiger partial charge in [0, 0.05) is 53.4 Å². The monoisotopic (exact) mass is 659 g/mol. The van der Waals surface area contributed by atoms with Crippen molar-refractivity contribution >= 4 is 23.5 Å². The van der Waals surface area contributed by atoms with Crippen LogP contribution in [0.4, 0.5) is 5.82 Å². The van der Waals surface area contributed by atoms with Crippen LogP contribution in [0.2, 0.25) is 0 Å². The van der Waals surface area contributed by atoms with Crippen LogP contribution in [-0.4, -0.2) is 56.7 Å². The molecule has 1 aromatic carbocycles. The average Bonchev–Trinajstić information content (AvgIpc) is 3.60. The molecule has 4 rings (SSSR count). The molecule has 3 aromatic rings. The van der Waals surface area contributed by atoms with Crippen molar-refractivity contribution in [2.24, 2.45) is 11.3 Å². The highest BCUT2D eigenvalue weighted by Gasteiger charge is 2.44. The number of phenolic OH excluding ortho intramolecular Hbond substituents is 1. The molecule has 1 aliphatic rings. The SMILES string of the molecule is CCCCCC(CCCCC)CC(=O)[C@H](O)C(=O)CCc1cc(OC)c(O)c([C@@H]2c3ccnc(N)c3C=C[C@@]2(CO)Cc2ccc[nH]2)c1. The van der Waals surface area contributed by atoms with E-state index in [-0.39, 0.29) is 43.3 Å². The van der Waals surface area contributed by atoms with Gasteiger partial charge in [-0.1, -0.05) is 83.4 Å². The number of nitrogens with one attached hydrogen (secondary N) is 1. The molecule has 2 heterocycles. The first-order chi connectivity index (χ1) is 23.2. The first kappa shape index (κ1) is 36.9. The first-order valence-corrected chi connectivity index (χ1v) is 17.5. The van der Waals surface area contributed by atoms with E-state index >= 15 is 0 Å². The highest BCUT2D eigenvalue weighted by molar-refractivity contribution is 6.05. The van der Waals surface area contributed by atoms with Gasteiger partial charge in [-0.25, -0.2) is 4.98 Å². The predicted octanol–water partition coefficient (Wildman–Crippen LogP) is 6.68. The third kappa shape index (κ3) is 8.74. The van der Waals surface area contributed by atoms with Crippen LogP contribution >= 0.6 is 0 Å². The van der Waals surface area contributed by atoms with Crippen molar-refractivity contribution in [2.75, 3.05) is 19.5 Å². The number of ketones is 2. The summed E-state index contributed by atoms with van der Waals surface area (Å²) in [6, 6.07) is 9.19. The lowest BCUT2D eigenvalue weighted by Crippen LogP contribution is -2.36. The van der Waals surface area contributed by atoms with Gasteiger partial charge >= 0.3 is 0 Å². The maximum absolute atomic E-state index is 13.2. The Hall–Kier alpha value is -3.95. The van der Waals surface area contributed by atoms with Crippen LogP contribution < -0.4 is 10.5 Å². The quantitative estimate of drug-likeness (QED) is 0.0663. The number of rotatable bonds is 20. The topological polar surface area (TPSA) is 159 Å². The van der Waals surface area contributed by atoms with E-state index in [1.165, 1.54) is 7.11 Å². The summed E-state index contributed by atoms with van der Waals surface area (Å²) in [5.74, 6) is -0.817. The van der Waals surface area contributed by atoms with Gasteiger partial charge in [0.25, 0.3) is 0 Å². The number of anilines is 1. The van der Waals surface area contributed by atoms with E-state index in [1.54, 1.807) is 12.3 Å². The molecule has 0 radical (unpaired) electrons. The van der Waals surface area contributed by atoms with E-state index in [4.69, 9.17) is 10.5 Å². The van der Waals surface area contributed by atoms with Gasteiger partial charge in [-0.15, -0.1) is 0 Å². The number of nitrogen functional groups attached to an aromatic ring is 1. The fourth-order valence-electron chi connectivity index (χ4n) is 7.17. The lowest BCUT2D eigenvalue weighted by atomic mass is 9.63. The molecule has 0 amide bonds. The minimum Gasteiger partial charge on any atom is -0.504 e. The third-order valence-electron chi connectivity index (χ3n) is 9.89. The van der Waals surface area contributed by atoms with E-state index in [0.29, 0.717) is 28.9 Å². The number of nitrogens with zero attached hydrogens (tertiary/aromatic N) is 1. The number of H-pyrrole nitrogens is 1. The Labute approximate surface area is 284 Å². The molecule has 9 nitrogen and oxygen atoms in total. The number of carbonyl (C=O) groups excluding carboxylic acids is 2. The minimum absolute atomic E-state index is 0.0533. The molecule has 1 aliphatic carbocycles. The van der Waals surface area contributed by atoms with Crippen molar-refractivity contribution < 1.29 is 29.6 Å². The number of methoxy groups -OCH3 is 1. The Morgan fingerprint density at radius 1 is 1.06 bits per heavy atom. The number of ether oxygens (including phenoxy) is 1. The number of aliphatic hydroxyl groups is 2. The summed E-state index contributed by atoms with van der Waals surface area (Å²) in [5, 5.41) is 33.3. The van der Waals surface area contributed by atoms with Crippen LogP contribution in [0.3, 0.4) is 0 Å². The van der Waals surface area contributed by atoms with E-state index in [1.807, 2.05) is 42.6 Å². The summed E-state index contributed by atoms with van der Waals surface area (Å²) in [6.07, 6.45) is 14.8. The lowest BCUT2D eigenvalue weighted by molar-refractivity contribution is -0.139. The fourth-order valence-corrected chi connectivity index (χ4v) is 7.17. The van der Waals surface area contributed by atoms with Gasteiger partial charge in [0.15, 0.2) is 29.2 Å². The van der Waals surface area contributed by atoms with Crippen LogP contribution in [-0.2, 0) is 22.4 Å². The molecule has 9 heteroatoms. The Morgan fingerprint density at radius 2 is 1.79 bits per heavy atom. The van der Waals surface area contributed by atoms with Crippen LogP contribution in [0, 0.1) is 11.3 Å². The second-order valence-electron chi connectivity index (χ2n) is 13.4. The van der Waals surface area contributed by atoms with E-state index in [9.17, 15) is 24.9 Å². The number of aromatic nitrogens is 2. The Balaban J connectivity index is 1.59. The highest BCUT2D eigenvalue weighted by atomic mass is 16.5. The number of unbranched alkanes of at least 4 members (excludes halogenated alkanes) is 4. The van der Waals surface area contributed by atoms with E-state index < -0.39 is 29.0 Å². The van der Waals surface area contributed by atoms with Crippen LogP contribution in [0.5, 0.6) is 11.5 Å². The van der Waals surface area contributed by atoms with E-state index in [0.717, 1.165) is 62.6 Å². The van der Waals surface area contributed by atoms with Crippen molar-refractivity contribution in [2.45, 2.75) is 103 Å². The molecule has 0 unspecified atom stereocenters. The summed E-state index contributed by atoms with van der Waals surface area (Å²) in [4.78, 5) is 33.8. The number of fused-ring (bicyclic) bond motifs is 1. The average molecular weight is 660 g/mol. The Kier molecular flexibility index (Phi) is 13.4. The molecule has 0 saturated heterocycles. The van der Waals surface area contributed by atoms with E-state index in [2.05, 4.69) is 23.8 Å². The van der Waals surface area contributed by atoms with Gasteiger partial charge in [-0.2, -0.15) is 0 Å². The maximum Gasteiger partial charge on any atom is 0.170 e. The number of hydrogen-bond donors (Lipinski definition) is 5. The molecular weight excluding hydrogens is 606 g/mol. The normalized spacial score (nSPS) is 17.8. The largest absolute Gasteiger partial charge is 0.504 e. The predicted molar refractivity (Wildman–Crippen MR) is 189 cm³/mol. The van der Waals surface area contributed by atoms with Gasteiger partial charge in [0.05, 0.1) is 13.7 Å². The fraction of sp³-hybridized carbons (Fsp3) is 0.513. The molecule has 0 spiro atoms. The van der Waals surface area contributed by atoms with Crippen LogP contribution in [0.25, 0.3) is 6.08 Å². The van der Waals surface area contributed by atoms with Crippen molar-refractivity contribution in [3.05, 3.63) is 76.7 Å². The standard InChI is InChI=1S/C39H53N3O6/c1-4-6-8-11-26(12-9-7-5-2)22-33(45)37(47)32(44)15-14-27-21-31(36(46)34(23-27)48-3)35-29-17-20-42-38(40)30(29)16-18-39(35,25-43)24-28-13-10-19-41-28/h10,13,16-21,23,26,35,37,41,43,46-47H,4-9,11-12,14-15,22,24-25H2,1-3H3,(H2,40,42)/t35-,37+,39-/m0/s1. The molecule has 0 aliphatic heterocycles. The molecule has 48 heavy (non-hydrogen) atoms. The Morgan fingerprint density at radius 3 is 2.42 bits per heavy atom. The molecular formula is C39H53N3O6. The molecule has 3 atom stereocenters. The molecule has 2 aromatic heterocycles. The second-order valence-corrected chi connectivity index (χ2v) is 13.4. The van der Waals surface area contributed by atoms with Gasteiger partial charge in [0.1, 0.15) is 5.82 Å². The smallest absolute Gasteiger partial charge is 0.170 e. The summed E-state index contributed by atoms with van der Waals surface area (Å²) in [7, 11) is 1.46.